The van der Waals surface area contributed by atoms with E-state index < -0.39 is 19.3 Å². The molecule has 0 aromatic carbocycles. The summed E-state index contributed by atoms with van der Waals surface area (Å²) in [6, 6.07) is 0. The Kier molecular flexibility index (Phi) is 6.19. The molecule has 0 amide bonds. The van der Waals surface area contributed by atoms with E-state index in [1.165, 1.54) is 0 Å². The Labute approximate surface area is 203 Å². The van der Waals surface area contributed by atoms with Crippen molar-refractivity contribution in [1.82, 2.24) is 0 Å². The molecule has 4 fully saturated rings. The van der Waals surface area contributed by atoms with Crippen LogP contribution in [0.4, 0.5) is 0 Å². The Morgan fingerprint density at radius 3 is 2.06 bits per heavy atom. The van der Waals surface area contributed by atoms with Gasteiger partial charge in [-0.15, -0.1) is 0 Å². The molecule has 5 heteroatoms. The van der Waals surface area contributed by atoms with Crippen LogP contribution in [0, 0.1) is 34.5 Å². The lowest BCUT2D eigenvalue weighted by molar-refractivity contribution is -0.168. The average Bonchev–Trinajstić information content (AvgIpc) is 3.17. The molecule has 4 rings (SSSR count). The number of methoxy groups -OCH3 is 1. The SMILES string of the molecule is CO[C@@]12CCC(=O)[C@]13C(=O)[C@@H](C[C@H](O[Si](C(C)C)(C(C)C)C(C)C)C2)[C@H]1[C@@H](C[C@H]3C)C1(C)C. The summed E-state index contributed by atoms with van der Waals surface area (Å²) in [4.78, 5) is 28.2. The quantitative estimate of drug-likeness (QED) is 0.321. The second-order valence-electron chi connectivity index (χ2n) is 13.5. The number of Topliss-reactive ketones (excluding diaryl/α,β-unsaturated/α-hetero) is 2. The molecular weight excluding hydrogens is 428 g/mol. The van der Waals surface area contributed by atoms with E-state index >= 15 is 0 Å². The van der Waals surface area contributed by atoms with Crippen LogP contribution in [-0.4, -0.2) is 38.7 Å². The van der Waals surface area contributed by atoms with Crippen LogP contribution in [0.2, 0.25) is 16.6 Å². The van der Waals surface area contributed by atoms with E-state index in [-0.39, 0.29) is 34.9 Å². The minimum atomic E-state index is -2.14. The van der Waals surface area contributed by atoms with Crippen molar-refractivity contribution in [2.45, 2.75) is 123 Å². The average molecular weight is 477 g/mol. The van der Waals surface area contributed by atoms with Crippen molar-refractivity contribution >= 4 is 19.9 Å². The van der Waals surface area contributed by atoms with Crippen molar-refractivity contribution in [1.29, 1.82) is 0 Å². The highest BCUT2D eigenvalue weighted by Crippen LogP contribution is 2.72. The predicted molar refractivity (Wildman–Crippen MR) is 135 cm³/mol. The van der Waals surface area contributed by atoms with Gasteiger partial charge in [0.1, 0.15) is 11.2 Å². The summed E-state index contributed by atoms with van der Waals surface area (Å²) in [5.41, 5.74) is -0.0657. The van der Waals surface area contributed by atoms with Gasteiger partial charge in [0.05, 0.1) is 5.60 Å². The fourth-order valence-corrected chi connectivity index (χ4v) is 15.3. The molecule has 4 aliphatic rings. The molecule has 0 aromatic rings. The molecule has 2 bridgehead atoms. The highest BCUT2D eigenvalue weighted by Gasteiger charge is 2.76. The molecule has 188 valence electrons. The van der Waals surface area contributed by atoms with Gasteiger partial charge < -0.3 is 9.16 Å². The van der Waals surface area contributed by atoms with Gasteiger partial charge in [0.25, 0.3) is 0 Å². The fraction of sp³-hybridized carbons (Fsp3) is 0.929. The van der Waals surface area contributed by atoms with Crippen LogP contribution in [0.1, 0.15) is 94.4 Å². The van der Waals surface area contributed by atoms with Crippen LogP contribution in [0.25, 0.3) is 0 Å². The number of carbonyl (C=O) groups is 2. The minimum absolute atomic E-state index is 0.0205. The monoisotopic (exact) mass is 476 g/mol. The third-order valence-electron chi connectivity index (χ3n) is 11.1. The molecule has 0 heterocycles. The topological polar surface area (TPSA) is 52.6 Å². The first-order valence-corrected chi connectivity index (χ1v) is 15.7. The molecule has 0 aliphatic heterocycles. The van der Waals surface area contributed by atoms with Gasteiger partial charge in [-0.2, -0.15) is 0 Å². The summed E-state index contributed by atoms with van der Waals surface area (Å²) in [5, 5.41) is 0. The second kappa shape index (κ2) is 7.99. The Morgan fingerprint density at radius 1 is 0.970 bits per heavy atom. The van der Waals surface area contributed by atoms with Crippen LogP contribution >= 0.6 is 0 Å². The van der Waals surface area contributed by atoms with E-state index in [2.05, 4.69) is 62.3 Å². The number of ether oxygens (including phenoxy) is 1. The number of rotatable bonds is 6. The Balaban J connectivity index is 1.85. The van der Waals surface area contributed by atoms with E-state index in [0.29, 0.717) is 47.7 Å². The normalized spacial score (nSPS) is 42.4. The standard InChI is InChI=1S/C28H48O4Si/c1-16(2)33(17(3)4,18(5)6)32-20-14-21-24-22(26(24,8)9)13-19(7)28(25(21)30)23(29)11-12-27(28,15-20)31-10/h16-22,24H,11-15H2,1-10H3/t19-,20+,21+,22-,24+,27-,28-/m1/s1. The zero-order valence-electron chi connectivity index (χ0n) is 22.8. The number of fused-ring (bicyclic) bond motifs is 3. The van der Waals surface area contributed by atoms with Gasteiger partial charge in [-0.1, -0.05) is 62.3 Å². The molecule has 0 aromatic heterocycles. The van der Waals surface area contributed by atoms with Crippen molar-refractivity contribution in [2.24, 2.45) is 34.5 Å². The Morgan fingerprint density at radius 2 is 1.55 bits per heavy atom. The lowest BCUT2D eigenvalue weighted by Gasteiger charge is -2.48. The molecule has 0 saturated heterocycles. The Bertz CT molecular complexity index is 795. The van der Waals surface area contributed by atoms with Gasteiger partial charge in [-0.05, 0) is 59.1 Å². The molecular formula is C28H48O4Si. The van der Waals surface area contributed by atoms with E-state index in [1.54, 1.807) is 7.11 Å². The number of hydrogen-bond donors (Lipinski definition) is 0. The molecule has 0 unspecified atom stereocenters. The zero-order valence-corrected chi connectivity index (χ0v) is 23.8. The van der Waals surface area contributed by atoms with Gasteiger partial charge >= 0.3 is 0 Å². The van der Waals surface area contributed by atoms with E-state index in [1.807, 2.05) is 0 Å². The molecule has 4 aliphatic carbocycles. The molecule has 33 heavy (non-hydrogen) atoms. The van der Waals surface area contributed by atoms with Crippen molar-refractivity contribution in [3.63, 3.8) is 0 Å². The Hall–Kier alpha value is -0.523. The molecule has 4 nitrogen and oxygen atoms in total. The second-order valence-corrected chi connectivity index (χ2v) is 18.9. The minimum Gasteiger partial charge on any atom is -0.413 e. The summed E-state index contributed by atoms with van der Waals surface area (Å²) in [6.07, 6.45) is 3.50. The molecule has 0 radical (unpaired) electrons. The smallest absolute Gasteiger partial charge is 0.200 e. The van der Waals surface area contributed by atoms with Crippen LogP contribution in [-0.2, 0) is 18.8 Å². The first-order valence-electron chi connectivity index (χ1n) is 13.5. The highest BCUT2D eigenvalue weighted by atomic mass is 28.4. The van der Waals surface area contributed by atoms with Gasteiger partial charge in [-0.3, -0.25) is 9.59 Å². The summed E-state index contributed by atoms with van der Waals surface area (Å²) in [5.74, 6) is 1.18. The number of ketones is 2. The summed E-state index contributed by atoms with van der Waals surface area (Å²) in [7, 11) is -0.396. The van der Waals surface area contributed by atoms with Crippen molar-refractivity contribution < 1.29 is 18.8 Å². The van der Waals surface area contributed by atoms with E-state index in [4.69, 9.17) is 9.16 Å². The van der Waals surface area contributed by atoms with Crippen LogP contribution in [0.15, 0.2) is 0 Å². The number of carbonyl (C=O) groups excluding carboxylic acids is 2. The van der Waals surface area contributed by atoms with Crippen molar-refractivity contribution in [3.05, 3.63) is 0 Å². The number of hydrogen-bond acceptors (Lipinski definition) is 4. The van der Waals surface area contributed by atoms with E-state index in [0.717, 1.165) is 12.8 Å². The lowest BCUT2D eigenvalue weighted by Crippen LogP contribution is -2.59. The third-order valence-corrected chi connectivity index (χ3v) is 17.3. The molecule has 7 atom stereocenters. The lowest BCUT2D eigenvalue weighted by atomic mass is 9.60. The predicted octanol–water partition coefficient (Wildman–Crippen LogP) is 6.57. The van der Waals surface area contributed by atoms with E-state index in [9.17, 15) is 9.59 Å². The van der Waals surface area contributed by atoms with Crippen LogP contribution < -0.4 is 0 Å². The van der Waals surface area contributed by atoms with Gasteiger partial charge in [0, 0.05) is 32.0 Å². The van der Waals surface area contributed by atoms with Gasteiger partial charge in [0.15, 0.2) is 5.78 Å². The summed E-state index contributed by atoms with van der Waals surface area (Å²) in [6.45, 7) is 20.8. The molecule has 1 spiro atoms. The maximum absolute atomic E-state index is 14.5. The van der Waals surface area contributed by atoms with Crippen molar-refractivity contribution in [3.8, 4) is 0 Å². The summed E-state index contributed by atoms with van der Waals surface area (Å²) < 4.78 is 13.7. The fourth-order valence-electron chi connectivity index (χ4n) is 9.73. The maximum Gasteiger partial charge on any atom is 0.200 e. The molecule has 0 N–H and O–H groups in total. The van der Waals surface area contributed by atoms with Crippen LogP contribution in [0.3, 0.4) is 0 Å². The van der Waals surface area contributed by atoms with Gasteiger partial charge in [0.2, 0.25) is 8.32 Å². The molecule has 4 saturated carbocycles. The first kappa shape index (κ1) is 25.6. The third kappa shape index (κ3) is 3.13. The van der Waals surface area contributed by atoms with Crippen molar-refractivity contribution in [2.75, 3.05) is 7.11 Å². The largest absolute Gasteiger partial charge is 0.413 e. The highest BCUT2D eigenvalue weighted by molar-refractivity contribution is 6.77. The first-order chi connectivity index (χ1) is 15.2. The van der Waals surface area contributed by atoms with Gasteiger partial charge in [-0.25, -0.2) is 0 Å². The maximum atomic E-state index is 14.5. The summed E-state index contributed by atoms with van der Waals surface area (Å²) >= 11 is 0. The zero-order chi connectivity index (χ0) is 24.7. The van der Waals surface area contributed by atoms with Crippen LogP contribution in [0.5, 0.6) is 0 Å².